The second kappa shape index (κ2) is 27.4. The molecule has 0 aliphatic heterocycles. The first-order chi connectivity index (χ1) is 23.0. The summed E-state index contributed by atoms with van der Waals surface area (Å²) in [5.41, 5.74) is 0.498. The SMILES string of the molecule is C#CCN(CCCCCCCC(=C)OCCC(CCCCC)CCCCC)CCCCCCCC(=O)OCCC12CCC(CC1)CC2. The van der Waals surface area contributed by atoms with Crippen LogP contribution in [0.5, 0.6) is 0 Å². The highest BCUT2D eigenvalue weighted by atomic mass is 16.5. The number of unbranched alkanes of at least 4 members (excludes halogenated alkanes) is 12. The van der Waals surface area contributed by atoms with E-state index in [1.807, 2.05) is 0 Å². The maximum absolute atomic E-state index is 12.2. The quantitative estimate of drug-likeness (QED) is 0.0313. The lowest BCUT2D eigenvalue weighted by Crippen LogP contribution is -2.35. The van der Waals surface area contributed by atoms with Crippen molar-refractivity contribution in [3.63, 3.8) is 0 Å². The van der Waals surface area contributed by atoms with E-state index in [1.165, 1.54) is 148 Å². The number of carbonyl (C=O) groups is 1. The van der Waals surface area contributed by atoms with E-state index in [-0.39, 0.29) is 5.97 Å². The van der Waals surface area contributed by atoms with E-state index < -0.39 is 0 Å². The van der Waals surface area contributed by atoms with Crippen molar-refractivity contribution in [2.45, 2.75) is 194 Å². The molecule has 47 heavy (non-hydrogen) atoms. The summed E-state index contributed by atoms with van der Waals surface area (Å²) in [5.74, 6) is 5.68. The van der Waals surface area contributed by atoms with Gasteiger partial charge in [-0.1, -0.05) is 116 Å². The van der Waals surface area contributed by atoms with Gasteiger partial charge in [0.25, 0.3) is 0 Å². The van der Waals surface area contributed by atoms with E-state index in [9.17, 15) is 4.79 Å². The Balaban J connectivity index is 1.40. The first-order valence-corrected chi connectivity index (χ1v) is 20.6. The Morgan fingerprint density at radius 3 is 1.87 bits per heavy atom. The third-order valence-corrected chi connectivity index (χ3v) is 11.5. The van der Waals surface area contributed by atoms with Crippen molar-refractivity contribution in [3.05, 3.63) is 12.3 Å². The molecule has 0 unspecified atom stereocenters. The molecule has 4 nitrogen and oxygen atoms in total. The highest BCUT2D eigenvalue weighted by Gasteiger charge is 2.39. The Hall–Kier alpha value is -1.47. The van der Waals surface area contributed by atoms with Gasteiger partial charge in [-0.25, -0.2) is 0 Å². The molecule has 0 N–H and O–H groups in total. The van der Waals surface area contributed by atoms with Crippen LogP contribution in [0.25, 0.3) is 0 Å². The smallest absolute Gasteiger partial charge is 0.305 e. The minimum Gasteiger partial charge on any atom is -0.499 e. The van der Waals surface area contributed by atoms with E-state index in [0.29, 0.717) is 18.4 Å². The first kappa shape index (κ1) is 41.7. The molecule has 0 aromatic heterocycles. The van der Waals surface area contributed by atoms with Crippen LogP contribution in [0.4, 0.5) is 0 Å². The molecule has 0 radical (unpaired) electrons. The predicted octanol–water partition coefficient (Wildman–Crippen LogP) is 12.2. The van der Waals surface area contributed by atoms with Crippen LogP contribution in [0.2, 0.25) is 0 Å². The minimum atomic E-state index is 0.0130. The Morgan fingerprint density at radius 1 is 0.745 bits per heavy atom. The van der Waals surface area contributed by atoms with Crippen molar-refractivity contribution >= 4 is 5.97 Å². The summed E-state index contributed by atoms with van der Waals surface area (Å²) in [6, 6.07) is 0. The zero-order chi connectivity index (χ0) is 33.8. The highest BCUT2D eigenvalue weighted by molar-refractivity contribution is 5.69. The Morgan fingerprint density at radius 2 is 1.30 bits per heavy atom. The molecule has 3 saturated carbocycles. The van der Waals surface area contributed by atoms with E-state index in [4.69, 9.17) is 15.9 Å². The molecule has 0 aromatic rings. The van der Waals surface area contributed by atoms with Crippen molar-refractivity contribution in [1.29, 1.82) is 0 Å². The maximum Gasteiger partial charge on any atom is 0.305 e. The third kappa shape index (κ3) is 20.6. The predicted molar refractivity (Wildman–Crippen MR) is 201 cm³/mol. The van der Waals surface area contributed by atoms with Crippen molar-refractivity contribution in [1.82, 2.24) is 4.90 Å². The van der Waals surface area contributed by atoms with Gasteiger partial charge in [-0.2, -0.15) is 0 Å². The van der Waals surface area contributed by atoms with E-state index in [2.05, 4.69) is 31.2 Å². The fourth-order valence-corrected chi connectivity index (χ4v) is 8.13. The molecule has 4 heteroatoms. The van der Waals surface area contributed by atoms with Crippen LogP contribution in [0.3, 0.4) is 0 Å². The molecule has 3 aliphatic rings. The van der Waals surface area contributed by atoms with Gasteiger partial charge in [0.15, 0.2) is 0 Å². The van der Waals surface area contributed by atoms with Crippen LogP contribution in [-0.4, -0.2) is 43.7 Å². The van der Waals surface area contributed by atoms with Gasteiger partial charge in [0.1, 0.15) is 0 Å². The zero-order valence-electron chi connectivity index (χ0n) is 31.4. The van der Waals surface area contributed by atoms with Crippen LogP contribution in [0.1, 0.15) is 194 Å². The van der Waals surface area contributed by atoms with Crippen LogP contribution >= 0.6 is 0 Å². The highest BCUT2D eigenvalue weighted by Crippen LogP contribution is 2.52. The molecule has 3 rings (SSSR count). The average molecular weight is 656 g/mol. The lowest BCUT2D eigenvalue weighted by atomic mass is 9.59. The molecule has 0 aromatic carbocycles. The number of ether oxygens (including phenoxy) is 2. The van der Waals surface area contributed by atoms with Gasteiger partial charge in [0.05, 0.1) is 25.5 Å². The number of allylic oxidation sites excluding steroid dienone is 1. The molecule has 2 bridgehead atoms. The van der Waals surface area contributed by atoms with Crippen molar-refractivity contribution in [3.8, 4) is 12.3 Å². The number of esters is 1. The second-order valence-electron chi connectivity index (χ2n) is 15.5. The number of rotatable bonds is 32. The molecule has 0 atom stereocenters. The lowest BCUT2D eigenvalue weighted by molar-refractivity contribution is -0.145. The van der Waals surface area contributed by atoms with Crippen LogP contribution in [0, 0.1) is 29.6 Å². The zero-order valence-corrected chi connectivity index (χ0v) is 31.4. The summed E-state index contributed by atoms with van der Waals surface area (Å²) in [6.07, 6.45) is 40.5. The molecule has 0 amide bonds. The van der Waals surface area contributed by atoms with Gasteiger partial charge in [-0.3, -0.25) is 9.69 Å². The van der Waals surface area contributed by atoms with Crippen molar-refractivity contribution in [2.75, 3.05) is 32.8 Å². The number of nitrogens with zero attached hydrogens (tertiary/aromatic N) is 1. The molecular formula is C43H77NO3. The third-order valence-electron chi connectivity index (χ3n) is 11.5. The topological polar surface area (TPSA) is 38.8 Å². The molecule has 0 spiro atoms. The second-order valence-corrected chi connectivity index (χ2v) is 15.5. The summed E-state index contributed by atoms with van der Waals surface area (Å²) < 4.78 is 11.7. The number of fused-ring (bicyclic) bond motifs is 3. The van der Waals surface area contributed by atoms with Crippen LogP contribution in [0.15, 0.2) is 12.3 Å². The fraction of sp³-hybridized carbons (Fsp3) is 0.884. The maximum atomic E-state index is 12.2. The lowest BCUT2D eigenvalue weighted by Gasteiger charge is -2.46. The standard InChI is InChI=1S/C43H77NO3/c1-5-8-16-23-40(24-17-9-6-2)29-37-46-39(4)22-18-12-10-14-20-35-44(34-7-3)36-21-15-11-13-19-25-42(45)47-38-33-43-30-26-41(27-31-43)28-32-43/h3,40-41H,4-6,8-38H2,1-2H3. The molecule has 272 valence electrons. The summed E-state index contributed by atoms with van der Waals surface area (Å²) in [5, 5.41) is 0. The monoisotopic (exact) mass is 656 g/mol. The molecule has 3 fully saturated rings. The summed E-state index contributed by atoms with van der Waals surface area (Å²) >= 11 is 0. The summed E-state index contributed by atoms with van der Waals surface area (Å²) in [4.78, 5) is 14.7. The van der Waals surface area contributed by atoms with E-state index in [1.54, 1.807) is 0 Å². The average Bonchev–Trinajstić information content (AvgIpc) is 3.08. The van der Waals surface area contributed by atoms with Gasteiger partial charge in [-0.15, -0.1) is 6.42 Å². The number of terminal acetylenes is 1. The normalized spacial score (nSPS) is 18.9. The summed E-state index contributed by atoms with van der Waals surface area (Å²) in [7, 11) is 0. The molecular weight excluding hydrogens is 578 g/mol. The number of hydrogen-bond donors (Lipinski definition) is 0. The van der Waals surface area contributed by atoms with E-state index in [0.717, 1.165) is 69.5 Å². The Kier molecular flexibility index (Phi) is 24.3. The Bertz CT molecular complexity index is 800. The Labute approximate surface area is 293 Å². The molecule has 3 aliphatic carbocycles. The van der Waals surface area contributed by atoms with Crippen molar-refractivity contribution < 1.29 is 14.3 Å². The first-order valence-electron chi connectivity index (χ1n) is 20.6. The van der Waals surface area contributed by atoms with Crippen molar-refractivity contribution in [2.24, 2.45) is 17.3 Å². The molecule has 0 heterocycles. The van der Waals surface area contributed by atoms with Crippen LogP contribution in [-0.2, 0) is 14.3 Å². The minimum absolute atomic E-state index is 0.0130. The molecule has 0 saturated heterocycles. The number of hydrogen-bond acceptors (Lipinski definition) is 4. The number of carbonyl (C=O) groups excluding carboxylic acids is 1. The van der Waals surface area contributed by atoms with Gasteiger partial charge in [0, 0.05) is 12.8 Å². The van der Waals surface area contributed by atoms with E-state index >= 15 is 0 Å². The fourth-order valence-electron chi connectivity index (χ4n) is 8.13. The van der Waals surface area contributed by atoms with Gasteiger partial charge in [-0.05, 0) is 107 Å². The van der Waals surface area contributed by atoms with Crippen LogP contribution < -0.4 is 0 Å². The largest absolute Gasteiger partial charge is 0.499 e. The van der Waals surface area contributed by atoms with Gasteiger partial charge >= 0.3 is 5.97 Å². The van der Waals surface area contributed by atoms with Gasteiger partial charge in [0.2, 0.25) is 0 Å². The van der Waals surface area contributed by atoms with Gasteiger partial charge < -0.3 is 9.47 Å². The summed E-state index contributed by atoms with van der Waals surface area (Å²) in [6.45, 7) is 13.2.